The highest BCUT2D eigenvalue weighted by molar-refractivity contribution is 4.81. The normalized spacial score (nSPS) is 14.9. The molecule has 3 heteroatoms. The van der Waals surface area contributed by atoms with Gasteiger partial charge in [0.05, 0.1) is 18.5 Å². The molecule has 0 amide bonds. The maximum Gasteiger partial charge on any atom is 0.0777 e. The van der Waals surface area contributed by atoms with E-state index < -0.39 is 6.10 Å². The largest absolute Gasteiger partial charge is 0.516 e. The zero-order chi connectivity index (χ0) is 14.3. The number of hydrogen-bond acceptors (Lipinski definition) is 3. The molecule has 0 aromatic carbocycles. The average molecular weight is 272 g/mol. The van der Waals surface area contributed by atoms with Gasteiger partial charge in [-0.15, -0.1) is 0 Å². The SMILES string of the molecule is CCCC(O)CCCCCCCCCC(O)C=CO. The van der Waals surface area contributed by atoms with Gasteiger partial charge in [0, 0.05) is 0 Å². The second-order valence-corrected chi connectivity index (χ2v) is 5.40. The number of aliphatic hydroxyl groups excluding tert-OH is 3. The fourth-order valence-electron chi connectivity index (χ4n) is 2.29. The summed E-state index contributed by atoms with van der Waals surface area (Å²) in [5.41, 5.74) is 0. The van der Waals surface area contributed by atoms with Gasteiger partial charge >= 0.3 is 0 Å². The van der Waals surface area contributed by atoms with Crippen LogP contribution in [0.3, 0.4) is 0 Å². The van der Waals surface area contributed by atoms with Crippen LogP contribution in [-0.4, -0.2) is 27.5 Å². The van der Waals surface area contributed by atoms with Crippen LogP contribution in [0.5, 0.6) is 0 Å². The van der Waals surface area contributed by atoms with Gasteiger partial charge in [0.25, 0.3) is 0 Å². The van der Waals surface area contributed by atoms with Gasteiger partial charge in [0.15, 0.2) is 0 Å². The van der Waals surface area contributed by atoms with Crippen LogP contribution in [-0.2, 0) is 0 Å². The molecule has 0 aliphatic heterocycles. The summed E-state index contributed by atoms with van der Waals surface area (Å²) in [6, 6.07) is 0. The van der Waals surface area contributed by atoms with Crippen molar-refractivity contribution in [2.24, 2.45) is 0 Å². The van der Waals surface area contributed by atoms with Crippen molar-refractivity contribution in [3.8, 4) is 0 Å². The second-order valence-electron chi connectivity index (χ2n) is 5.40. The fourth-order valence-corrected chi connectivity index (χ4v) is 2.29. The lowest BCUT2D eigenvalue weighted by Crippen LogP contribution is -2.04. The smallest absolute Gasteiger partial charge is 0.0777 e. The molecule has 0 radical (unpaired) electrons. The molecule has 0 aromatic rings. The van der Waals surface area contributed by atoms with Crippen LogP contribution in [0.1, 0.15) is 77.6 Å². The molecule has 0 spiro atoms. The average Bonchev–Trinajstić information content (AvgIpc) is 2.37. The minimum Gasteiger partial charge on any atom is -0.516 e. The highest BCUT2D eigenvalue weighted by atomic mass is 16.3. The van der Waals surface area contributed by atoms with Crippen LogP contribution in [0, 0.1) is 0 Å². The Morgan fingerprint density at radius 1 is 0.789 bits per heavy atom. The summed E-state index contributed by atoms with van der Waals surface area (Å²) in [7, 11) is 0. The lowest BCUT2D eigenvalue weighted by Gasteiger charge is -2.08. The summed E-state index contributed by atoms with van der Waals surface area (Å²) in [6.07, 6.45) is 13.7. The number of unbranched alkanes of at least 4 members (excludes halogenated alkanes) is 6. The molecule has 0 bridgehead atoms. The Balaban J connectivity index is 3.15. The van der Waals surface area contributed by atoms with Gasteiger partial charge < -0.3 is 15.3 Å². The van der Waals surface area contributed by atoms with Crippen molar-refractivity contribution in [2.75, 3.05) is 0 Å². The number of hydrogen-bond donors (Lipinski definition) is 3. The van der Waals surface area contributed by atoms with Gasteiger partial charge in [-0.3, -0.25) is 0 Å². The van der Waals surface area contributed by atoms with E-state index in [-0.39, 0.29) is 6.10 Å². The predicted octanol–water partition coefficient (Wildman–Crippen LogP) is 4.09. The molecule has 19 heavy (non-hydrogen) atoms. The summed E-state index contributed by atoms with van der Waals surface area (Å²) in [5, 5.41) is 27.4. The molecule has 0 aliphatic rings. The molecule has 0 fully saturated rings. The van der Waals surface area contributed by atoms with Gasteiger partial charge in [-0.2, -0.15) is 0 Å². The van der Waals surface area contributed by atoms with Gasteiger partial charge in [0.1, 0.15) is 0 Å². The Bertz CT molecular complexity index is 204. The topological polar surface area (TPSA) is 60.7 Å². The zero-order valence-electron chi connectivity index (χ0n) is 12.4. The molecule has 2 atom stereocenters. The summed E-state index contributed by atoms with van der Waals surface area (Å²) in [6.45, 7) is 2.11. The summed E-state index contributed by atoms with van der Waals surface area (Å²) in [4.78, 5) is 0. The van der Waals surface area contributed by atoms with Gasteiger partial charge in [-0.1, -0.05) is 58.3 Å². The first kappa shape index (κ1) is 18.5. The maximum atomic E-state index is 9.57. The van der Waals surface area contributed by atoms with Crippen LogP contribution < -0.4 is 0 Å². The third kappa shape index (κ3) is 13.7. The van der Waals surface area contributed by atoms with E-state index in [2.05, 4.69) is 6.92 Å². The first-order valence-electron chi connectivity index (χ1n) is 7.87. The Hall–Kier alpha value is -0.540. The van der Waals surface area contributed by atoms with Crippen LogP contribution in [0.2, 0.25) is 0 Å². The quantitative estimate of drug-likeness (QED) is 0.349. The van der Waals surface area contributed by atoms with E-state index in [0.717, 1.165) is 51.2 Å². The van der Waals surface area contributed by atoms with Crippen molar-refractivity contribution in [1.82, 2.24) is 0 Å². The molecule has 0 aromatic heterocycles. The monoisotopic (exact) mass is 272 g/mol. The minimum absolute atomic E-state index is 0.0916. The molecule has 0 saturated heterocycles. The third-order valence-electron chi connectivity index (χ3n) is 3.47. The zero-order valence-corrected chi connectivity index (χ0v) is 12.4. The van der Waals surface area contributed by atoms with Crippen molar-refractivity contribution in [3.63, 3.8) is 0 Å². The molecule has 2 unspecified atom stereocenters. The predicted molar refractivity (Wildman–Crippen MR) is 80.2 cm³/mol. The van der Waals surface area contributed by atoms with Crippen molar-refractivity contribution in [3.05, 3.63) is 12.3 Å². The third-order valence-corrected chi connectivity index (χ3v) is 3.47. The first-order chi connectivity index (χ1) is 9.20. The maximum absolute atomic E-state index is 9.57. The first-order valence-corrected chi connectivity index (χ1v) is 7.87. The summed E-state index contributed by atoms with van der Waals surface area (Å²) < 4.78 is 0. The van der Waals surface area contributed by atoms with E-state index >= 15 is 0 Å². The number of aliphatic hydroxyl groups is 3. The van der Waals surface area contributed by atoms with Crippen molar-refractivity contribution < 1.29 is 15.3 Å². The summed E-state index contributed by atoms with van der Waals surface area (Å²) in [5.74, 6) is 0. The van der Waals surface area contributed by atoms with Crippen LogP contribution >= 0.6 is 0 Å². The van der Waals surface area contributed by atoms with Gasteiger partial charge in [-0.05, 0) is 25.3 Å². The molecule has 3 nitrogen and oxygen atoms in total. The van der Waals surface area contributed by atoms with E-state index in [4.69, 9.17) is 5.11 Å². The molecule has 3 N–H and O–H groups in total. The van der Waals surface area contributed by atoms with Crippen molar-refractivity contribution >= 4 is 0 Å². The lowest BCUT2D eigenvalue weighted by molar-refractivity contribution is 0.150. The second kappa shape index (κ2) is 13.9. The van der Waals surface area contributed by atoms with Gasteiger partial charge in [0.2, 0.25) is 0 Å². The van der Waals surface area contributed by atoms with E-state index in [9.17, 15) is 10.2 Å². The standard InChI is InChI=1S/C16H32O3/c1-2-10-15(18)11-8-6-4-3-5-7-9-12-16(19)13-14-17/h13-19H,2-12H2,1H3. The van der Waals surface area contributed by atoms with Gasteiger partial charge in [-0.25, -0.2) is 0 Å². The van der Waals surface area contributed by atoms with Crippen LogP contribution in [0.25, 0.3) is 0 Å². The highest BCUT2D eigenvalue weighted by Crippen LogP contribution is 2.13. The van der Waals surface area contributed by atoms with E-state index in [0.29, 0.717) is 0 Å². The minimum atomic E-state index is -0.495. The Morgan fingerprint density at radius 2 is 1.32 bits per heavy atom. The van der Waals surface area contributed by atoms with Crippen molar-refractivity contribution in [1.29, 1.82) is 0 Å². The Morgan fingerprint density at radius 3 is 1.84 bits per heavy atom. The lowest BCUT2D eigenvalue weighted by atomic mass is 10.0. The van der Waals surface area contributed by atoms with Crippen LogP contribution in [0.4, 0.5) is 0 Å². The number of rotatable bonds is 13. The van der Waals surface area contributed by atoms with E-state index in [1.807, 2.05) is 0 Å². The van der Waals surface area contributed by atoms with E-state index in [1.54, 1.807) is 0 Å². The summed E-state index contributed by atoms with van der Waals surface area (Å²) >= 11 is 0. The Labute approximate surface area is 118 Å². The van der Waals surface area contributed by atoms with Crippen LogP contribution in [0.15, 0.2) is 12.3 Å². The Kier molecular flexibility index (Phi) is 13.5. The molecular formula is C16H32O3. The fraction of sp³-hybridized carbons (Fsp3) is 0.875. The van der Waals surface area contributed by atoms with E-state index in [1.165, 1.54) is 31.8 Å². The molecular weight excluding hydrogens is 240 g/mol. The molecule has 114 valence electrons. The van der Waals surface area contributed by atoms with Crippen molar-refractivity contribution in [2.45, 2.75) is 89.8 Å². The molecule has 0 aliphatic carbocycles. The molecule has 0 heterocycles. The molecule has 0 rings (SSSR count). The molecule has 0 saturated carbocycles. The highest BCUT2D eigenvalue weighted by Gasteiger charge is 2.02.